The summed E-state index contributed by atoms with van der Waals surface area (Å²) in [6, 6.07) is 12.6. The molecule has 2 heterocycles. The van der Waals surface area contributed by atoms with Gasteiger partial charge in [0.2, 0.25) is 5.91 Å². The Hall–Kier alpha value is -2.47. The number of piperidine rings is 1. The summed E-state index contributed by atoms with van der Waals surface area (Å²) >= 11 is 0. The van der Waals surface area contributed by atoms with Crippen molar-refractivity contribution in [1.29, 1.82) is 0 Å². The van der Waals surface area contributed by atoms with Gasteiger partial charge in [-0.1, -0.05) is 30.3 Å². The zero-order valence-corrected chi connectivity index (χ0v) is 16.5. The lowest BCUT2D eigenvalue weighted by Crippen LogP contribution is -2.40. The SMILES string of the molecule is O=C(Nc1cc(F)c(N2CCCC2)c(F)c1)C1CCCN(Cc2ccccc2)C1. The molecule has 0 bridgehead atoms. The van der Waals surface area contributed by atoms with Gasteiger partial charge >= 0.3 is 0 Å². The number of carbonyl (C=O) groups excluding carboxylic acids is 1. The molecular weight excluding hydrogens is 372 g/mol. The number of hydrogen-bond donors (Lipinski definition) is 1. The summed E-state index contributed by atoms with van der Waals surface area (Å²) in [5.41, 5.74) is 1.43. The minimum atomic E-state index is -0.614. The average molecular weight is 399 g/mol. The number of nitrogens with zero attached hydrogens (tertiary/aromatic N) is 2. The summed E-state index contributed by atoms with van der Waals surface area (Å²) in [5.74, 6) is -1.58. The normalized spacial score (nSPS) is 20.1. The lowest BCUT2D eigenvalue weighted by Gasteiger charge is -2.32. The lowest BCUT2D eigenvalue weighted by atomic mass is 9.96. The van der Waals surface area contributed by atoms with Crippen LogP contribution in [0.1, 0.15) is 31.2 Å². The highest BCUT2D eigenvalue weighted by molar-refractivity contribution is 5.93. The van der Waals surface area contributed by atoms with E-state index in [4.69, 9.17) is 0 Å². The van der Waals surface area contributed by atoms with Gasteiger partial charge in [0.25, 0.3) is 0 Å². The molecule has 0 spiro atoms. The maximum absolute atomic E-state index is 14.5. The fourth-order valence-electron chi connectivity index (χ4n) is 4.38. The van der Waals surface area contributed by atoms with E-state index < -0.39 is 11.6 Å². The van der Waals surface area contributed by atoms with Crippen LogP contribution >= 0.6 is 0 Å². The van der Waals surface area contributed by atoms with Crippen molar-refractivity contribution in [1.82, 2.24) is 4.90 Å². The van der Waals surface area contributed by atoms with Gasteiger partial charge in [-0.05, 0) is 49.9 Å². The molecule has 4 rings (SSSR count). The number of rotatable bonds is 5. The molecule has 1 unspecified atom stereocenters. The molecule has 154 valence electrons. The highest BCUT2D eigenvalue weighted by atomic mass is 19.1. The van der Waals surface area contributed by atoms with Gasteiger partial charge in [-0.2, -0.15) is 0 Å². The van der Waals surface area contributed by atoms with Crippen molar-refractivity contribution in [3.8, 4) is 0 Å². The molecular formula is C23H27F2N3O. The van der Waals surface area contributed by atoms with E-state index in [1.165, 1.54) is 17.7 Å². The predicted molar refractivity (Wildman–Crippen MR) is 111 cm³/mol. The van der Waals surface area contributed by atoms with E-state index in [0.29, 0.717) is 19.6 Å². The number of likely N-dealkylation sites (tertiary alicyclic amines) is 1. The molecule has 0 aromatic heterocycles. The molecule has 1 atom stereocenters. The Balaban J connectivity index is 1.39. The van der Waals surface area contributed by atoms with Crippen LogP contribution in [0, 0.1) is 17.6 Å². The van der Waals surface area contributed by atoms with E-state index in [9.17, 15) is 13.6 Å². The van der Waals surface area contributed by atoms with Gasteiger partial charge in [-0.25, -0.2) is 8.78 Å². The van der Waals surface area contributed by atoms with E-state index in [0.717, 1.165) is 38.8 Å². The standard InChI is InChI=1S/C23H27F2N3O/c24-20-13-19(14-21(25)22(20)28-11-4-5-12-28)26-23(29)18-9-6-10-27(16-18)15-17-7-2-1-3-8-17/h1-3,7-8,13-14,18H,4-6,9-12,15-16H2,(H,26,29). The van der Waals surface area contributed by atoms with E-state index in [2.05, 4.69) is 22.3 Å². The van der Waals surface area contributed by atoms with Crippen LogP contribution in [0.15, 0.2) is 42.5 Å². The third kappa shape index (κ3) is 4.75. The lowest BCUT2D eigenvalue weighted by molar-refractivity contribution is -0.121. The van der Waals surface area contributed by atoms with Gasteiger partial charge in [0, 0.05) is 31.9 Å². The van der Waals surface area contributed by atoms with Crippen LogP contribution in [-0.2, 0) is 11.3 Å². The van der Waals surface area contributed by atoms with Crippen LogP contribution in [0.25, 0.3) is 0 Å². The predicted octanol–water partition coefficient (Wildman–Crippen LogP) is 4.42. The number of hydrogen-bond acceptors (Lipinski definition) is 3. The van der Waals surface area contributed by atoms with Crippen LogP contribution in [0.5, 0.6) is 0 Å². The second kappa shape index (κ2) is 8.91. The van der Waals surface area contributed by atoms with Crippen molar-refractivity contribution in [2.45, 2.75) is 32.2 Å². The van der Waals surface area contributed by atoms with Gasteiger partial charge in [-0.15, -0.1) is 0 Å². The number of nitrogens with one attached hydrogen (secondary N) is 1. The van der Waals surface area contributed by atoms with Crippen molar-refractivity contribution in [2.24, 2.45) is 5.92 Å². The number of carbonyl (C=O) groups is 1. The fraction of sp³-hybridized carbons (Fsp3) is 0.435. The fourth-order valence-corrected chi connectivity index (χ4v) is 4.38. The zero-order chi connectivity index (χ0) is 20.2. The van der Waals surface area contributed by atoms with Crippen LogP contribution in [0.3, 0.4) is 0 Å². The van der Waals surface area contributed by atoms with Crippen molar-refractivity contribution in [3.05, 3.63) is 59.7 Å². The molecule has 0 aliphatic carbocycles. The van der Waals surface area contributed by atoms with E-state index >= 15 is 0 Å². The maximum atomic E-state index is 14.5. The number of halogens is 2. The van der Waals surface area contributed by atoms with E-state index in [1.54, 1.807) is 4.90 Å². The molecule has 2 aromatic carbocycles. The maximum Gasteiger partial charge on any atom is 0.228 e. The van der Waals surface area contributed by atoms with E-state index in [1.807, 2.05) is 18.2 Å². The van der Waals surface area contributed by atoms with Gasteiger partial charge in [-0.3, -0.25) is 9.69 Å². The van der Waals surface area contributed by atoms with Crippen LogP contribution in [-0.4, -0.2) is 37.0 Å². The second-order valence-electron chi connectivity index (χ2n) is 8.03. The van der Waals surface area contributed by atoms with Gasteiger partial charge in [0.1, 0.15) is 5.69 Å². The van der Waals surface area contributed by atoms with Crippen molar-refractivity contribution >= 4 is 17.3 Å². The van der Waals surface area contributed by atoms with Gasteiger partial charge in [0.05, 0.1) is 5.92 Å². The monoisotopic (exact) mass is 399 g/mol. The summed E-state index contributed by atoms with van der Waals surface area (Å²) in [6.07, 6.45) is 3.60. The molecule has 0 saturated carbocycles. The van der Waals surface area contributed by atoms with E-state index in [-0.39, 0.29) is 23.2 Å². The number of benzene rings is 2. The minimum Gasteiger partial charge on any atom is -0.367 e. The van der Waals surface area contributed by atoms with Crippen LogP contribution in [0.2, 0.25) is 0 Å². The average Bonchev–Trinajstić information content (AvgIpc) is 3.23. The Morgan fingerprint density at radius 1 is 1.00 bits per heavy atom. The number of amides is 1. The molecule has 2 aliphatic heterocycles. The van der Waals surface area contributed by atoms with Crippen LogP contribution in [0.4, 0.5) is 20.2 Å². The molecule has 0 radical (unpaired) electrons. The third-order valence-corrected chi connectivity index (χ3v) is 5.83. The summed E-state index contributed by atoms with van der Waals surface area (Å²) in [4.78, 5) is 16.7. The largest absolute Gasteiger partial charge is 0.367 e. The minimum absolute atomic E-state index is 0.0206. The Bertz CT molecular complexity index is 829. The zero-order valence-electron chi connectivity index (χ0n) is 16.5. The van der Waals surface area contributed by atoms with Crippen LogP contribution < -0.4 is 10.2 Å². The molecule has 1 amide bonds. The first-order chi connectivity index (χ1) is 14.1. The summed E-state index contributed by atoms with van der Waals surface area (Å²) in [5, 5.41) is 2.73. The van der Waals surface area contributed by atoms with Crippen molar-refractivity contribution in [2.75, 3.05) is 36.4 Å². The Kier molecular flexibility index (Phi) is 6.09. The Labute approximate surface area is 170 Å². The molecule has 6 heteroatoms. The smallest absolute Gasteiger partial charge is 0.228 e. The molecule has 2 fully saturated rings. The molecule has 4 nitrogen and oxygen atoms in total. The number of anilines is 2. The first-order valence-electron chi connectivity index (χ1n) is 10.4. The Morgan fingerprint density at radius 2 is 1.69 bits per heavy atom. The topological polar surface area (TPSA) is 35.6 Å². The summed E-state index contributed by atoms with van der Waals surface area (Å²) in [6.45, 7) is 3.74. The molecule has 1 N–H and O–H groups in total. The third-order valence-electron chi connectivity index (χ3n) is 5.83. The second-order valence-corrected chi connectivity index (χ2v) is 8.03. The molecule has 2 aliphatic rings. The summed E-state index contributed by atoms with van der Waals surface area (Å²) in [7, 11) is 0. The molecule has 2 aromatic rings. The molecule has 29 heavy (non-hydrogen) atoms. The highest BCUT2D eigenvalue weighted by Crippen LogP contribution is 2.30. The first-order valence-corrected chi connectivity index (χ1v) is 10.4. The van der Waals surface area contributed by atoms with Crippen molar-refractivity contribution in [3.63, 3.8) is 0 Å². The van der Waals surface area contributed by atoms with Crippen molar-refractivity contribution < 1.29 is 13.6 Å². The summed E-state index contributed by atoms with van der Waals surface area (Å²) < 4.78 is 29.0. The first kappa shape index (κ1) is 19.8. The Morgan fingerprint density at radius 3 is 2.38 bits per heavy atom. The van der Waals surface area contributed by atoms with Gasteiger partial charge < -0.3 is 10.2 Å². The quantitative estimate of drug-likeness (QED) is 0.809. The molecule has 2 saturated heterocycles. The highest BCUT2D eigenvalue weighted by Gasteiger charge is 2.27. The van der Waals surface area contributed by atoms with Gasteiger partial charge in [0.15, 0.2) is 11.6 Å².